The Bertz CT molecular complexity index is 414. The number of hydrogen-bond donors (Lipinski definition) is 2. The second kappa shape index (κ2) is 11.9. The maximum atomic E-state index is 10.0. The van der Waals surface area contributed by atoms with Crippen molar-refractivity contribution >= 4 is 12.6 Å². The zero-order valence-electron chi connectivity index (χ0n) is 14.5. The molecule has 2 heteroatoms. The minimum Gasteiger partial charge on any atom is -0.508 e. The first kappa shape index (κ1) is 19.4. The van der Waals surface area contributed by atoms with Crippen LogP contribution in [0.25, 0.3) is 0 Å². The van der Waals surface area contributed by atoms with E-state index in [1.807, 2.05) is 12.1 Å². The molecular weight excluding hydrogens is 288 g/mol. The fourth-order valence-electron chi connectivity index (χ4n) is 3.00. The summed E-state index contributed by atoms with van der Waals surface area (Å²) in [5, 5.41) is 10.0. The lowest BCUT2D eigenvalue weighted by Gasteiger charge is -2.11. The van der Waals surface area contributed by atoms with Crippen LogP contribution < -0.4 is 0 Å². The molecule has 0 spiro atoms. The largest absolute Gasteiger partial charge is 0.508 e. The highest BCUT2D eigenvalue weighted by Gasteiger charge is 2.08. The molecule has 0 aromatic heterocycles. The first-order valence-corrected chi connectivity index (χ1v) is 9.68. The van der Waals surface area contributed by atoms with Gasteiger partial charge in [0.25, 0.3) is 0 Å². The molecule has 0 aliphatic heterocycles. The number of phenolic OH excluding ortho intramolecular Hbond substituents is 1. The Morgan fingerprint density at radius 1 is 0.818 bits per heavy atom. The molecule has 0 saturated carbocycles. The summed E-state index contributed by atoms with van der Waals surface area (Å²) in [6.07, 6.45) is 15.4. The molecule has 0 aliphatic carbocycles. The highest BCUT2D eigenvalue weighted by atomic mass is 32.1. The standard InChI is InChI=1S/C20H34OS/c1-3-5-6-7-8-9-10-11-12-13-14-18-19(21)16-15-17(4-2)20(18)22/h15-16,21-22H,3-14H2,1-2H3. The second-order valence-corrected chi connectivity index (χ2v) is 6.80. The van der Waals surface area contributed by atoms with Gasteiger partial charge in [0.2, 0.25) is 0 Å². The summed E-state index contributed by atoms with van der Waals surface area (Å²) in [5.41, 5.74) is 2.28. The van der Waals surface area contributed by atoms with E-state index in [1.54, 1.807) is 0 Å². The Labute approximate surface area is 142 Å². The first-order chi connectivity index (χ1) is 10.7. The molecule has 0 amide bonds. The third kappa shape index (κ3) is 7.09. The van der Waals surface area contributed by atoms with E-state index in [2.05, 4.69) is 26.5 Å². The molecule has 1 aromatic carbocycles. The summed E-state index contributed by atoms with van der Waals surface area (Å²) in [4.78, 5) is 0.999. The predicted octanol–water partition coefficient (Wildman–Crippen LogP) is 6.71. The van der Waals surface area contributed by atoms with E-state index in [0.29, 0.717) is 5.75 Å². The smallest absolute Gasteiger partial charge is 0.119 e. The fraction of sp³-hybridized carbons (Fsp3) is 0.700. The molecular formula is C20H34OS. The van der Waals surface area contributed by atoms with Crippen molar-refractivity contribution in [2.45, 2.75) is 95.8 Å². The normalized spacial score (nSPS) is 11.0. The van der Waals surface area contributed by atoms with Crippen molar-refractivity contribution in [1.82, 2.24) is 0 Å². The summed E-state index contributed by atoms with van der Waals surface area (Å²) >= 11 is 4.60. The van der Waals surface area contributed by atoms with Crippen LogP contribution in [0.4, 0.5) is 0 Å². The Hall–Kier alpha value is -0.630. The number of hydrogen-bond acceptors (Lipinski definition) is 2. The Morgan fingerprint density at radius 2 is 1.36 bits per heavy atom. The van der Waals surface area contributed by atoms with E-state index in [1.165, 1.54) is 63.4 Å². The lowest BCUT2D eigenvalue weighted by Crippen LogP contribution is -1.94. The minimum absolute atomic E-state index is 0.415. The van der Waals surface area contributed by atoms with Crippen LogP contribution in [0.5, 0.6) is 5.75 Å². The Kier molecular flexibility index (Phi) is 10.5. The van der Waals surface area contributed by atoms with Crippen LogP contribution in [-0.4, -0.2) is 5.11 Å². The summed E-state index contributed by atoms with van der Waals surface area (Å²) in [6, 6.07) is 3.81. The van der Waals surface area contributed by atoms with Gasteiger partial charge in [-0.2, -0.15) is 0 Å². The maximum absolute atomic E-state index is 10.0. The van der Waals surface area contributed by atoms with Gasteiger partial charge in [-0.3, -0.25) is 0 Å². The molecule has 0 bridgehead atoms. The summed E-state index contributed by atoms with van der Waals surface area (Å²) < 4.78 is 0. The molecule has 1 nitrogen and oxygen atoms in total. The van der Waals surface area contributed by atoms with Crippen molar-refractivity contribution in [2.24, 2.45) is 0 Å². The quantitative estimate of drug-likeness (QED) is 0.324. The van der Waals surface area contributed by atoms with Gasteiger partial charge >= 0.3 is 0 Å². The summed E-state index contributed by atoms with van der Waals surface area (Å²) in [5.74, 6) is 0.415. The average molecular weight is 323 g/mol. The number of aryl methyl sites for hydroxylation is 1. The second-order valence-electron chi connectivity index (χ2n) is 6.36. The molecule has 0 aliphatic rings. The van der Waals surface area contributed by atoms with Gasteiger partial charge in [-0.25, -0.2) is 0 Å². The number of aromatic hydroxyl groups is 1. The molecule has 0 atom stereocenters. The van der Waals surface area contributed by atoms with Crippen LogP contribution in [0.3, 0.4) is 0 Å². The van der Waals surface area contributed by atoms with E-state index >= 15 is 0 Å². The van der Waals surface area contributed by atoms with E-state index < -0.39 is 0 Å². The molecule has 0 heterocycles. The predicted molar refractivity (Wildman–Crippen MR) is 100 cm³/mol. The highest BCUT2D eigenvalue weighted by molar-refractivity contribution is 7.80. The van der Waals surface area contributed by atoms with Crippen molar-refractivity contribution in [3.63, 3.8) is 0 Å². The van der Waals surface area contributed by atoms with Crippen molar-refractivity contribution in [1.29, 1.82) is 0 Å². The Morgan fingerprint density at radius 3 is 1.91 bits per heavy atom. The van der Waals surface area contributed by atoms with Crippen LogP contribution >= 0.6 is 12.6 Å². The lowest BCUT2D eigenvalue weighted by molar-refractivity contribution is 0.462. The highest BCUT2D eigenvalue weighted by Crippen LogP contribution is 2.29. The van der Waals surface area contributed by atoms with Gasteiger partial charge in [0.05, 0.1) is 0 Å². The molecule has 1 rings (SSSR count). The molecule has 0 saturated heterocycles. The zero-order valence-corrected chi connectivity index (χ0v) is 15.4. The van der Waals surface area contributed by atoms with E-state index in [9.17, 15) is 5.11 Å². The number of benzene rings is 1. The Balaban J connectivity index is 2.15. The number of unbranched alkanes of at least 4 members (excludes halogenated alkanes) is 9. The molecule has 126 valence electrons. The summed E-state index contributed by atoms with van der Waals surface area (Å²) in [6.45, 7) is 4.40. The SMILES string of the molecule is CCCCCCCCCCCCc1c(O)ccc(CC)c1S. The van der Waals surface area contributed by atoms with Crippen LogP contribution in [0, 0.1) is 0 Å². The third-order valence-corrected chi connectivity index (χ3v) is 5.06. The lowest BCUT2D eigenvalue weighted by atomic mass is 10.0. The minimum atomic E-state index is 0.415. The number of rotatable bonds is 12. The molecule has 0 fully saturated rings. The van der Waals surface area contributed by atoms with E-state index in [0.717, 1.165) is 29.7 Å². The van der Waals surface area contributed by atoms with Gasteiger partial charge in [0.1, 0.15) is 5.75 Å². The molecule has 22 heavy (non-hydrogen) atoms. The van der Waals surface area contributed by atoms with Crippen LogP contribution in [-0.2, 0) is 12.8 Å². The van der Waals surface area contributed by atoms with Crippen LogP contribution in [0.2, 0.25) is 0 Å². The summed E-state index contributed by atoms with van der Waals surface area (Å²) in [7, 11) is 0. The fourth-order valence-corrected chi connectivity index (χ4v) is 3.45. The van der Waals surface area contributed by atoms with Crippen molar-refractivity contribution in [2.75, 3.05) is 0 Å². The van der Waals surface area contributed by atoms with Crippen LogP contribution in [0.1, 0.15) is 89.2 Å². The first-order valence-electron chi connectivity index (χ1n) is 9.23. The van der Waals surface area contributed by atoms with Crippen molar-refractivity contribution in [3.05, 3.63) is 23.3 Å². The van der Waals surface area contributed by atoms with Gasteiger partial charge in [0.15, 0.2) is 0 Å². The maximum Gasteiger partial charge on any atom is 0.119 e. The number of thiol groups is 1. The zero-order chi connectivity index (χ0) is 16.2. The molecule has 0 radical (unpaired) electrons. The number of phenols is 1. The van der Waals surface area contributed by atoms with Gasteiger partial charge < -0.3 is 5.11 Å². The van der Waals surface area contributed by atoms with E-state index in [-0.39, 0.29) is 0 Å². The van der Waals surface area contributed by atoms with Gasteiger partial charge in [-0.05, 0) is 30.9 Å². The van der Waals surface area contributed by atoms with Gasteiger partial charge in [0, 0.05) is 10.5 Å². The van der Waals surface area contributed by atoms with Gasteiger partial charge in [-0.1, -0.05) is 77.7 Å². The average Bonchev–Trinajstić information content (AvgIpc) is 2.52. The third-order valence-electron chi connectivity index (χ3n) is 4.50. The van der Waals surface area contributed by atoms with Crippen LogP contribution in [0.15, 0.2) is 17.0 Å². The monoisotopic (exact) mass is 322 g/mol. The van der Waals surface area contributed by atoms with Crippen molar-refractivity contribution in [3.8, 4) is 5.75 Å². The molecule has 1 N–H and O–H groups in total. The van der Waals surface area contributed by atoms with Crippen molar-refractivity contribution < 1.29 is 5.11 Å². The topological polar surface area (TPSA) is 20.2 Å². The molecule has 1 aromatic rings. The van der Waals surface area contributed by atoms with E-state index in [4.69, 9.17) is 0 Å². The molecule has 0 unspecified atom stereocenters. The van der Waals surface area contributed by atoms with Gasteiger partial charge in [-0.15, -0.1) is 12.6 Å².